The topological polar surface area (TPSA) is 32.6 Å². The molecule has 0 spiro atoms. The van der Waals surface area contributed by atoms with Crippen LogP contribution < -0.4 is 0 Å². The Morgan fingerprint density at radius 2 is 2.08 bits per heavy atom. The van der Waals surface area contributed by atoms with E-state index in [0.29, 0.717) is 11.5 Å². The molecular weight excluding hydrogens is 189 g/mol. The predicted molar refractivity (Wildman–Crippen MR) is 53.1 cm³/mol. The van der Waals surface area contributed by atoms with Crippen molar-refractivity contribution in [3.8, 4) is 0 Å². The second kappa shape index (κ2) is 4.87. The molecule has 2 nitrogen and oxygen atoms in total. The zero-order valence-corrected chi connectivity index (χ0v) is 8.01. The molecule has 0 aliphatic heterocycles. The van der Waals surface area contributed by atoms with Gasteiger partial charge in [-0.05, 0) is 18.4 Å². The first-order chi connectivity index (χ1) is 6.27. The van der Waals surface area contributed by atoms with Gasteiger partial charge in [0, 0.05) is 11.3 Å². The summed E-state index contributed by atoms with van der Waals surface area (Å²) in [7, 11) is 0. The van der Waals surface area contributed by atoms with Crippen LogP contribution in [-0.4, -0.2) is 22.9 Å². The van der Waals surface area contributed by atoms with E-state index in [2.05, 4.69) is 5.16 Å². The lowest BCUT2D eigenvalue weighted by Gasteiger charge is -2.01. The molecule has 1 aromatic carbocycles. The second-order valence-electron chi connectivity index (χ2n) is 2.49. The zero-order chi connectivity index (χ0) is 9.68. The van der Waals surface area contributed by atoms with Crippen LogP contribution in [0.25, 0.3) is 0 Å². The molecular formula is C9H10FNOS. The van der Waals surface area contributed by atoms with E-state index in [1.165, 1.54) is 12.1 Å². The second-order valence-corrected chi connectivity index (χ2v) is 3.35. The Bertz CT molecular complexity index is 297. The van der Waals surface area contributed by atoms with Crippen LogP contribution >= 0.6 is 11.8 Å². The van der Waals surface area contributed by atoms with Crippen molar-refractivity contribution in [1.82, 2.24) is 0 Å². The minimum atomic E-state index is -0.287. The normalized spacial score (nSPS) is 11.7. The lowest BCUT2D eigenvalue weighted by molar-refractivity contribution is 0.319. The number of nitrogens with zero attached hydrogens (tertiary/aromatic N) is 1. The Hall–Kier alpha value is -1.03. The molecule has 4 heteroatoms. The van der Waals surface area contributed by atoms with Crippen LogP contribution in [-0.2, 0) is 0 Å². The van der Waals surface area contributed by atoms with Crippen molar-refractivity contribution in [2.75, 3.05) is 12.0 Å². The van der Waals surface area contributed by atoms with E-state index >= 15 is 0 Å². The summed E-state index contributed by atoms with van der Waals surface area (Å²) in [5.74, 6) is 0.326. The fourth-order valence-electron chi connectivity index (χ4n) is 0.949. The number of hydrogen-bond acceptors (Lipinski definition) is 3. The summed E-state index contributed by atoms with van der Waals surface area (Å²) in [4.78, 5) is 0. The highest BCUT2D eigenvalue weighted by molar-refractivity contribution is 7.99. The standard InChI is InChI=1S/C9H10FNOS/c1-13-6-9(11-12)7-2-4-8(10)5-3-7/h2-5,12H,6H2,1H3/b11-9+. The molecule has 13 heavy (non-hydrogen) atoms. The van der Waals surface area contributed by atoms with E-state index in [4.69, 9.17) is 5.21 Å². The molecule has 0 unspecified atom stereocenters. The highest BCUT2D eigenvalue weighted by Crippen LogP contribution is 2.07. The average Bonchev–Trinajstić information content (AvgIpc) is 2.16. The Balaban J connectivity index is 2.87. The SMILES string of the molecule is CSC/C(=N\O)c1ccc(F)cc1. The van der Waals surface area contributed by atoms with E-state index < -0.39 is 0 Å². The lowest BCUT2D eigenvalue weighted by Crippen LogP contribution is -2.03. The maximum Gasteiger partial charge on any atom is 0.123 e. The van der Waals surface area contributed by atoms with Crippen LogP contribution in [0.15, 0.2) is 29.4 Å². The first-order valence-electron chi connectivity index (χ1n) is 3.73. The molecule has 1 N–H and O–H groups in total. The largest absolute Gasteiger partial charge is 0.411 e. The van der Waals surface area contributed by atoms with Gasteiger partial charge in [-0.15, -0.1) is 0 Å². The van der Waals surface area contributed by atoms with E-state index in [1.807, 2.05) is 6.26 Å². The van der Waals surface area contributed by atoms with Gasteiger partial charge in [0.05, 0.1) is 5.71 Å². The van der Waals surface area contributed by atoms with Gasteiger partial charge in [0.25, 0.3) is 0 Å². The third-order valence-electron chi connectivity index (χ3n) is 1.58. The summed E-state index contributed by atoms with van der Waals surface area (Å²) >= 11 is 1.55. The quantitative estimate of drug-likeness (QED) is 0.460. The molecule has 70 valence electrons. The van der Waals surface area contributed by atoms with Gasteiger partial charge >= 0.3 is 0 Å². The average molecular weight is 199 g/mol. The molecule has 0 aromatic heterocycles. The van der Waals surface area contributed by atoms with Crippen molar-refractivity contribution in [1.29, 1.82) is 0 Å². The summed E-state index contributed by atoms with van der Waals surface area (Å²) in [6.07, 6.45) is 1.91. The van der Waals surface area contributed by atoms with Crippen LogP contribution in [0.3, 0.4) is 0 Å². The number of benzene rings is 1. The fraction of sp³-hybridized carbons (Fsp3) is 0.222. The van der Waals surface area contributed by atoms with Gasteiger partial charge in [0.1, 0.15) is 5.82 Å². The smallest absolute Gasteiger partial charge is 0.123 e. The minimum Gasteiger partial charge on any atom is -0.411 e. The van der Waals surface area contributed by atoms with Crippen LogP contribution in [0.2, 0.25) is 0 Å². The number of thioether (sulfide) groups is 1. The van der Waals surface area contributed by atoms with Crippen molar-refractivity contribution in [2.45, 2.75) is 0 Å². The highest BCUT2D eigenvalue weighted by atomic mass is 32.2. The van der Waals surface area contributed by atoms with E-state index in [0.717, 1.165) is 5.56 Å². The Morgan fingerprint density at radius 1 is 1.46 bits per heavy atom. The van der Waals surface area contributed by atoms with Gasteiger partial charge < -0.3 is 5.21 Å². The van der Waals surface area contributed by atoms with Crippen LogP contribution in [0.5, 0.6) is 0 Å². The van der Waals surface area contributed by atoms with Gasteiger partial charge in [0.15, 0.2) is 0 Å². The van der Waals surface area contributed by atoms with Crippen molar-refractivity contribution in [2.24, 2.45) is 5.16 Å². The number of oxime groups is 1. The summed E-state index contributed by atoms with van der Waals surface area (Å²) in [6.45, 7) is 0. The Kier molecular flexibility index (Phi) is 3.76. The molecule has 0 fully saturated rings. The third kappa shape index (κ3) is 2.73. The Labute approximate surface area is 80.5 Å². The van der Waals surface area contributed by atoms with Crippen molar-refractivity contribution in [3.05, 3.63) is 35.6 Å². The van der Waals surface area contributed by atoms with Gasteiger partial charge in [-0.1, -0.05) is 17.3 Å². The summed E-state index contributed by atoms with van der Waals surface area (Å²) < 4.78 is 12.5. The summed E-state index contributed by atoms with van der Waals surface area (Å²) in [5, 5.41) is 11.8. The van der Waals surface area contributed by atoms with Crippen LogP contribution in [0, 0.1) is 5.82 Å². The highest BCUT2D eigenvalue weighted by Gasteiger charge is 2.02. The first-order valence-corrected chi connectivity index (χ1v) is 5.13. The minimum absolute atomic E-state index is 0.287. The van der Waals surface area contributed by atoms with Crippen molar-refractivity contribution in [3.63, 3.8) is 0 Å². The monoisotopic (exact) mass is 199 g/mol. The molecule has 0 bridgehead atoms. The molecule has 1 aromatic rings. The van der Waals surface area contributed by atoms with E-state index in [-0.39, 0.29) is 5.82 Å². The number of halogens is 1. The molecule has 0 radical (unpaired) electrons. The molecule has 0 saturated heterocycles. The third-order valence-corrected chi connectivity index (χ3v) is 2.14. The maximum atomic E-state index is 12.5. The van der Waals surface area contributed by atoms with Crippen LogP contribution in [0.4, 0.5) is 4.39 Å². The van der Waals surface area contributed by atoms with Gasteiger partial charge in [-0.2, -0.15) is 11.8 Å². The molecule has 0 aliphatic rings. The summed E-state index contributed by atoms with van der Waals surface area (Å²) in [6, 6.07) is 5.89. The van der Waals surface area contributed by atoms with Crippen molar-refractivity contribution >= 4 is 17.5 Å². The molecule has 0 heterocycles. The Morgan fingerprint density at radius 3 is 2.54 bits per heavy atom. The van der Waals surface area contributed by atoms with Crippen molar-refractivity contribution < 1.29 is 9.60 Å². The molecule has 0 amide bonds. The first kappa shape index (κ1) is 10.1. The van der Waals surface area contributed by atoms with Gasteiger partial charge in [0.2, 0.25) is 0 Å². The van der Waals surface area contributed by atoms with E-state index in [9.17, 15) is 4.39 Å². The number of hydrogen-bond donors (Lipinski definition) is 1. The number of rotatable bonds is 3. The van der Waals surface area contributed by atoms with Crippen LogP contribution in [0.1, 0.15) is 5.56 Å². The zero-order valence-electron chi connectivity index (χ0n) is 7.20. The molecule has 1 rings (SSSR count). The lowest BCUT2D eigenvalue weighted by atomic mass is 10.1. The fourth-order valence-corrected chi connectivity index (χ4v) is 1.45. The predicted octanol–water partition coefficient (Wildman–Crippen LogP) is 2.37. The summed E-state index contributed by atoms with van der Waals surface area (Å²) in [5.41, 5.74) is 1.31. The molecule has 0 atom stereocenters. The molecule has 0 saturated carbocycles. The molecule has 0 aliphatic carbocycles. The maximum absolute atomic E-state index is 12.5. The van der Waals surface area contributed by atoms with Gasteiger partial charge in [-0.25, -0.2) is 4.39 Å². The van der Waals surface area contributed by atoms with E-state index in [1.54, 1.807) is 23.9 Å². The van der Waals surface area contributed by atoms with Gasteiger partial charge in [-0.3, -0.25) is 0 Å².